The number of carbonyl (C=O) groups excluding carboxylic acids is 1. The monoisotopic (exact) mass is 242 g/mol. The lowest BCUT2D eigenvalue weighted by Gasteiger charge is -2.19. The molecule has 88 valence electrons. The minimum Gasteiger partial charge on any atom is -0.396 e. The van der Waals surface area contributed by atoms with E-state index in [4.69, 9.17) is 16.7 Å². The van der Waals surface area contributed by atoms with Gasteiger partial charge in [-0.15, -0.1) is 0 Å². The molecular weight excluding hydrogens is 228 g/mol. The molecule has 0 aromatic carbocycles. The highest BCUT2D eigenvalue weighted by Crippen LogP contribution is 2.08. The van der Waals surface area contributed by atoms with Crippen molar-refractivity contribution in [3.63, 3.8) is 0 Å². The van der Waals surface area contributed by atoms with Gasteiger partial charge < -0.3 is 10.4 Å². The Morgan fingerprint density at radius 1 is 1.62 bits per heavy atom. The van der Waals surface area contributed by atoms with Gasteiger partial charge in [0.15, 0.2) is 0 Å². The summed E-state index contributed by atoms with van der Waals surface area (Å²) in [5.41, 5.74) is 0.469. The lowest BCUT2D eigenvalue weighted by molar-refractivity contribution is 0.0916. The predicted molar refractivity (Wildman–Crippen MR) is 62.4 cm³/mol. The number of nitrogens with zero attached hydrogens (tertiary/aromatic N) is 1. The first-order valence-corrected chi connectivity index (χ1v) is 5.45. The van der Waals surface area contributed by atoms with Gasteiger partial charge in [0.1, 0.15) is 5.15 Å². The molecule has 16 heavy (non-hydrogen) atoms. The Morgan fingerprint density at radius 3 is 2.88 bits per heavy atom. The van der Waals surface area contributed by atoms with Crippen LogP contribution >= 0.6 is 11.6 Å². The topological polar surface area (TPSA) is 62.2 Å². The summed E-state index contributed by atoms with van der Waals surface area (Å²) in [6.45, 7) is 3.75. The number of carbonyl (C=O) groups is 1. The molecule has 2 unspecified atom stereocenters. The third-order valence-electron chi connectivity index (χ3n) is 2.49. The van der Waals surface area contributed by atoms with Crippen LogP contribution in [0, 0.1) is 5.92 Å². The summed E-state index contributed by atoms with van der Waals surface area (Å²) in [7, 11) is 0. The third kappa shape index (κ3) is 3.47. The maximum Gasteiger partial charge on any atom is 0.251 e. The van der Waals surface area contributed by atoms with Gasteiger partial charge in [0.05, 0.1) is 0 Å². The fourth-order valence-corrected chi connectivity index (χ4v) is 1.31. The molecule has 0 fully saturated rings. The van der Waals surface area contributed by atoms with Crippen LogP contribution in [-0.2, 0) is 0 Å². The molecule has 1 heterocycles. The van der Waals surface area contributed by atoms with Crippen molar-refractivity contribution in [2.45, 2.75) is 19.9 Å². The maximum atomic E-state index is 11.7. The Kier molecular flexibility index (Phi) is 4.71. The van der Waals surface area contributed by atoms with Crippen molar-refractivity contribution >= 4 is 17.5 Å². The number of pyridine rings is 1. The number of aliphatic hydroxyl groups is 1. The van der Waals surface area contributed by atoms with Gasteiger partial charge in [-0.05, 0) is 25.0 Å². The molecule has 2 atom stereocenters. The molecule has 4 nitrogen and oxygen atoms in total. The number of rotatable bonds is 4. The van der Waals surface area contributed by atoms with E-state index in [2.05, 4.69) is 10.3 Å². The molecule has 0 aliphatic rings. The third-order valence-corrected chi connectivity index (χ3v) is 2.70. The normalized spacial score (nSPS) is 14.2. The van der Waals surface area contributed by atoms with Gasteiger partial charge in [0.2, 0.25) is 0 Å². The minimum absolute atomic E-state index is 0.0151. The zero-order chi connectivity index (χ0) is 12.1. The molecule has 1 aromatic heterocycles. The SMILES string of the molecule is CC(CO)C(C)NC(=O)c1ccnc(Cl)c1. The van der Waals surface area contributed by atoms with E-state index in [-0.39, 0.29) is 29.6 Å². The summed E-state index contributed by atoms with van der Waals surface area (Å²) in [6, 6.07) is 3.01. The van der Waals surface area contributed by atoms with E-state index in [1.807, 2.05) is 13.8 Å². The van der Waals surface area contributed by atoms with Crippen LogP contribution in [0.25, 0.3) is 0 Å². The highest BCUT2D eigenvalue weighted by molar-refractivity contribution is 6.29. The molecule has 1 rings (SSSR count). The van der Waals surface area contributed by atoms with Gasteiger partial charge in [-0.25, -0.2) is 4.98 Å². The minimum atomic E-state index is -0.211. The van der Waals surface area contributed by atoms with Crippen LogP contribution in [0.3, 0.4) is 0 Å². The summed E-state index contributed by atoms with van der Waals surface area (Å²) in [4.78, 5) is 15.5. The van der Waals surface area contributed by atoms with Crippen LogP contribution in [0.4, 0.5) is 0 Å². The van der Waals surface area contributed by atoms with Gasteiger partial charge >= 0.3 is 0 Å². The standard InChI is InChI=1S/C11H15ClN2O2/c1-7(6-15)8(2)14-11(16)9-3-4-13-10(12)5-9/h3-5,7-8,15H,6H2,1-2H3,(H,14,16). The molecule has 0 aliphatic carbocycles. The summed E-state index contributed by atoms with van der Waals surface area (Å²) in [5, 5.41) is 12.0. The molecule has 2 N–H and O–H groups in total. The lowest BCUT2D eigenvalue weighted by atomic mass is 10.0. The average Bonchev–Trinajstić information content (AvgIpc) is 2.27. The Morgan fingerprint density at radius 2 is 2.31 bits per heavy atom. The Hall–Kier alpha value is -1.13. The van der Waals surface area contributed by atoms with Crippen molar-refractivity contribution in [3.05, 3.63) is 29.0 Å². The number of aliphatic hydroxyl groups excluding tert-OH is 1. The van der Waals surface area contributed by atoms with E-state index in [1.165, 1.54) is 12.3 Å². The first-order chi connectivity index (χ1) is 7.54. The van der Waals surface area contributed by atoms with Crippen molar-refractivity contribution in [1.82, 2.24) is 10.3 Å². The Balaban J connectivity index is 2.66. The Labute approximate surface area is 99.6 Å². The summed E-state index contributed by atoms with van der Waals surface area (Å²) in [6.07, 6.45) is 1.48. The summed E-state index contributed by atoms with van der Waals surface area (Å²) < 4.78 is 0. The molecule has 0 bridgehead atoms. The fourth-order valence-electron chi connectivity index (χ4n) is 1.13. The van der Waals surface area contributed by atoms with Crippen molar-refractivity contribution in [1.29, 1.82) is 0 Å². The van der Waals surface area contributed by atoms with E-state index in [9.17, 15) is 4.79 Å². The number of hydrogen-bond acceptors (Lipinski definition) is 3. The second-order valence-electron chi connectivity index (χ2n) is 3.79. The van der Waals surface area contributed by atoms with E-state index in [0.717, 1.165) is 0 Å². The van der Waals surface area contributed by atoms with Gasteiger partial charge in [0, 0.05) is 24.4 Å². The van der Waals surface area contributed by atoms with Crippen molar-refractivity contribution < 1.29 is 9.90 Å². The van der Waals surface area contributed by atoms with Gasteiger partial charge in [-0.1, -0.05) is 18.5 Å². The van der Waals surface area contributed by atoms with E-state index >= 15 is 0 Å². The molecule has 0 spiro atoms. The highest BCUT2D eigenvalue weighted by Gasteiger charge is 2.15. The second-order valence-corrected chi connectivity index (χ2v) is 4.18. The maximum absolute atomic E-state index is 11.7. The number of aromatic nitrogens is 1. The van der Waals surface area contributed by atoms with Crippen LogP contribution in [0.2, 0.25) is 5.15 Å². The van der Waals surface area contributed by atoms with Gasteiger partial charge in [0.25, 0.3) is 5.91 Å². The van der Waals surface area contributed by atoms with Crippen molar-refractivity contribution in [3.8, 4) is 0 Å². The second kappa shape index (κ2) is 5.82. The number of hydrogen-bond donors (Lipinski definition) is 2. The van der Waals surface area contributed by atoms with Gasteiger partial charge in [-0.2, -0.15) is 0 Å². The molecule has 5 heteroatoms. The Bertz CT molecular complexity index is 371. The molecule has 0 radical (unpaired) electrons. The lowest BCUT2D eigenvalue weighted by Crippen LogP contribution is -2.38. The van der Waals surface area contributed by atoms with Crippen LogP contribution in [0.1, 0.15) is 24.2 Å². The van der Waals surface area contributed by atoms with E-state index in [1.54, 1.807) is 6.07 Å². The van der Waals surface area contributed by atoms with Crippen LogP contribution in [0.5, 0.6) is 0 Å². The first-order valence-electron chi connectivity index (χ1n) is 5.08. The molecule has 0 aliphatic heterocycles. The number of nitrogens with one attached hydrogen (secondary N) is 1. The van der Waals surface area contributed by atoms with Crippen molar-refractivity contribution in [2.24, 2.45) is 5.92 Å². The fraction of sp³-hybridized carbons (Fsp3) is 0.455. The highest BCUT2D eigenvalue weighted by atomic mass is 35.5. The summed E-state index contributed by atoms with van der Waals surface area (Å²) in [5.74, 6) is -0.196. The number of amides is 1. The van der Waals surface area contributed by atoms with Crippen LogP contribution in [-0.4, -0.2) is 28.6 Å². The van der Waals surface area contributed by atoms with Crippen LogP contribution in [0.15, 0.2) is 18.3 Å². The van der Waals surface area contributed by atoms with Crippen molar-refractivity contribution in [2.75, 3.05) is 6.61 Å². The quantitative estimate of drug-likeness (QED) is 0.787. The first kappa shape index (κ1) is 12.9. The van der Waals surface area contributed by atoms with E-state index in [0.29, 0.717) is 5.56 Å². The van der Waals surface area contributed by atoms with Crippen LogP contribution < -0.4 is 5.32 Å². The zero-order valence-electron chi connectivity index (χ0n) is 9.27. The zero-order valence-corrected chi connectivity index (χ0v) is 10.0. The largest absolute Gasteiger partial charge is 0.396 e. The van der Waals surface area contributed by atoms with E-state index < -0.39 is 0 Å². The predicted octanol–water partition coefficient (Wildman–Crippen LogP) is 1.48. The smallest absolute Gasteiger partial charge is 0.251 e. The van der Waals surface area contributed by atoms with Gasteiger partial charge in [-0.3, -0.25) is 4.79 Å². The molecular formula is C11H15ClN2O2. The molecule has 0 saturated carbocycles. The number of halogens is 1. The molecule has 1 aromatic rings. The average molecular weight is 243 g/mol. The summed E-state index contributed by atoms with van der Waals surface area (Å²) >= 11 is 5.68. The molecule has 0 saturated heterocycles. The molecule has 1 amide bonds.